The minimum absolute atomic E-state index is 0.0923. The number of allylic oxidation sites excluding steroid dienone is 2. The van der Waals surface area contributed by atoms with Gasteiger partial charge in [-0.15, -0.1) is 0 Å². The maximum Gasteiger partial charge on any atom is 0.227 e. The monoisotopic (exact) mass is 332 g/mol. The fourth-order valence-corrected chi connectivity index (χ4v) is 2.76. The van der Waals surface area contributed by atoms with Gasteiger partial charge in [0.05, 0.1) is 10.0 Å². The molecule has 3 rings (SSSR count). The van der Waals surface area contributed by atoms with E-state index in [0.717, 1.165) is 18.4 Å². The average Bonchev–Trinajstić information content (AvgIpc) is 2.57. The average molecular weight is 333 g/mol. The van der Waals surface area contributed by atoms with Gasteiger partial charge in [0.2, 0.25) is 5.78 Å². The van der Waals surface area contributed by atoms with Crippen LogP contribution in [0.4, 0.5) is 0 Å². The van der Waals surface area contributed by atoms with Crippen LogP contribution in [0.1, 0.15) is 34.9 Å². The number of hydrogen-bond donors (Lipinski definition) is 0. The van der Waals surface area contributed by atoms with Crippen molar-refractivity contribution in [3.8, 4) is 0 Å². The highest BCUT2D eigenvalue weighted by atomic mass is 35.5. The molecule has 0 N–H and O–H groups in total. The van der Waals surface area contributed by atoms with Gasteiger partial charge in [0.15, 0.2) is 5.76 Å². The number of carbonyl (C=O) groups is 1. The lowest BCUT2D eigenvalue weighted by Gasteiger charge is -2.24. The van der Waals surface area contributed by atoms with E-state index in [-0.39, 0.29) is 11.9 Å². The molecular formula is C18H14Cl2O2. The third-order valence-corrected chi connectivity index (χ3v) is 4.34. The van der Waals surface area contributed by atoms with Gasteiger partial charge in [0.25, 0.3) is 0 Å². The molecule has 0 aliphatic carbocycles. The SMILES string of the molecule is O=C(C1=CCCC(c2ccc(Cl)c(Cl)c2)O1)c1ccccc1. The highest BCUT2D eigenvalue weighted by molar-refractivity contribution is 6.42. The van der Waals surface area contributed by atoms with Crippen LogP contribution in [0.2, 0.25) is 10.0 Å². The van der Waals surface area contributed by atoms with Crippen LogP contribution >= 0.6 is 23.2 Å². The van der Waals surface area contributed by atoms with E-state index in [1.807, 2.05) is 30.3 Å². The van der Waals surface area contributed by atoms with Crippen LogP contribution < -0.4 is 0 Å². The molecule has 2 nitrogen and oxygen atoms in total. The second kappa shape index (κ2) is 6.55. The Bertz CT molecular complexity index is 723. The molecule has 0 bridgehead atoms. The number of Topliss-reactive ketones (excluding diaryl/α,β-unsaturated/α-hetero) is 1. The summed E-state index contributed by atoms with van der Waals surface area (Å²) in [6.07, 6.45) is 3.27. The summed E-state index contributed by atoms with van der Waals surface area (Å²) in [7, 11) is 0. The van der Waals surface area contributed by atoms with Gasteiger partial charge < -0.3 is 4.74 Å². The van der Waals surface area contributed by atoms with E-state index >= 15 is 0 Å². The van der Waals surface area contributed by atoms with Gasteiger partial charge in [0, 0.05) is 5.56 Å². The Morgan fingerprint density at radius 1 is 1.05 bits per heavy atom. The van der Waals surface area contributed by atoms with Gasteiger partial charge in [-0.2, -0.15) is 0 Å². The van der Waals surface area contributed by atoms with Crippen molar-refractivity contribution in [1.29, 1.82) is 0 Å². The predicted molar refractivity (Wildman–Crippen MR) is 88.4 cm³/mol. The maximum atomic E-state index is 12.5. The van der Waals surface area contributed by atoms with Crippen molar-refractivity contribution in [1.82, 2.24) is 0 Å². The van der Waals surface area contributed by atoms with Crippen molar-refractivity contribution in [3.63, 3.8) is 0 Å². The summed E-state index contributed by atoms with van der Waals surface area (Å²) in [6.45, 7) is 0. The van der Waals surface area contributed by atoms with E-state index in [1.54, 1.807) is 24.3 Å². The van der Waals surface area contributed by atoms with Crippen molar-refractivity contribution >= 4 is 29.0 Å². The van der Waals surface area contributed by atoms with Crippen molar-refractivity contribution in [2.45, 2.75) is 18.9 Å². The summed E-state index contributed by atoms with van der Waals surface area (Å²) in [5.41, 5.74) is 1.56. The highest BCUT2D eigenvalue weighted by Gasteiger charge is 2.23. The number of benzene rings is 2. The fourth-order valence-electron chi connectivity index (χ4n) is 2.45. The maximum absolute atomic E-state index is 12.5. The normalized spacial score (nSPS) is 17.5. The molecule has 1 unspecified atom stereocenters. The van der Waals surface area contributed by atoms with Gasteiger partial charge in [0.1, 0.15) is 6.10 Å². The van der Waals surface area contributed by atoms with E-state index in [4.69, 9.17) is 27.9 Å². The first kappa shape index (κ1) is 15.1. The van der Waals surface area contributed by atoms with Gasteiger partial charge in [-0.05, 0) is 36.6 Å². The van der Waals surface area contributed by atoms with Gasteiger partial charge >= 0.3 is 0 Å². The van der Waals surface area contributed by atoms with Crippen LogP contribution in [0.25, 0.3) is 0 Å². The molecule has 0 aromatic heterocycles. The molecule has 2 aromatic carbocycles. The van der Waals surface area contributed by atoms with Crippen molar-refractivity contribution in [2.75, 3.05) is 0 Å². The first-order valence-electron chi connectivity index (χ1n) is 7.06. The highest BCUT2D eigenvalue weighted by Crippen LogP contribution is 2.34. The summed E-state index contributed by atoms with van der Waals surface area (Å²) < 4.78 is 5.89. The van der Waals surface area contributed by atoms with E-state index in [0.29, 0.717) is 21.4 Å². The topological polar surface area (TPSA) is 26.3 Å². The van der Waals surface area contributed by atoms with E-state index in [1.165, 1.54) is 0 Å². The largest absolute Gasteiger partial charge is 0.482 e. The number of hydrogen-bond acceptors (Lipinski definition) is 2. The molecule has 0 saturated carbocycles. The number of ether oxygens (including phenoxy) is 1. The Hall–Kier alpha value is -1.77. The third-order valence-electron chi connectivity index (χ3n) is 3.60. The lowest BCUT2D eigenvalue weighted by atomic mass is 10.00. The van der Waals surface area contributed by atoms with Crippen LogP contribution in [0.15, 0.2) is 60.4 Å². The molecule has 0 fully saturated rings. The van der Waals surface area contributed by atoms with Crippen molar-refractivity contribution < 1.29 is 9.53 Å². The Labute approximate surface area is 139 Å². The smallest absolute Gasteiger partial charge is 0.227 e. The van der Waals surface area contributed by atoms with Crippen molar-refractivity contribution in [3.05, 3.63) is 81.5 Å². The number of halogens is 2. The Morgan fingerprint density at radius 2 is 1.82 bits per heavy atom. The minimum Gasteiger partial charge on any atom is -0.482 e. The van der Waals surface area contributed by atoms with E-state index < -0.39 is 0 Å². The zero-order chi connectivity index (χ0) is 15.5. The molecule has 0 spiro atoms. The molecular weight excluding hydrogens is 319 g/mol. The van der Waals surface area contributed by atoms with Crippen LogP contribution in [0, 0.1) is 0 Å². The molecule has 1 aliphatic rings. The summed E-state index contributed by atoms with van der Waals surface area (Å²) in [5.74, 6) is 0.305. The first-order chi connectivity index (χ1) is 10.6. The zero-order valence-electron chi connectivity index (χ0n) is 11.8. The summed E-state index contributed by atoms with van der Waals surface area (Å²) in [6, 6.07) is 14.6. The lowest BCUT2D eigenvalue weighted by Crippen LogP contribution is -2.15. The van der Waals surface area contributed by atoms with E-state index in [9.17, 15) is 4.79 Å². The first-order valence-corrected chi connectivity index (χ1v) is 7.82. The molecule has 0 amide bonds. The summed E-state index contributed by atoms with van der Waals surface area (Å²) >= 11 is 12.0. The van der Waals surface area contributed by atoms with Crippen LogP contribution in [-0.2, 0) is 4.74 Å². The quantitative estimate of drug-likeness (QED) is 0.682. The molecule has 4 heteroatoms. The molecule has 1 heterocycles. The Morgan fingerprint density at radius 3 is 2.55 bits per heavy atom. The minimum atomic E-state index is -0.178. The van der Waals surface area contributed by atoms with Crippen molar-refractivity contribution in [2.24, 2.45) is 0 Å². The number of carbonyl (C=O) groups excluding carboxylic acids is 1. The number of ketones is 1. The molecule has 0 radical (unpaired) electrons. The molecule has 0 saturated heterocycles. The Balaban J connectivity index is 1.80. The van der Waals surface area contributed by atoms with E-state index in [2.05, 4.69) is 0 Å². The number of rotatable bonds is 3. The molecule has 22 heavy (non-hydrogen) atoms. The van der Waals surface area contributed by atoms with Crippen LogP contribution in [0.5, 0.6) is 0 Å². The second-order valence-corrected chi connectivity index (χ2v) is 5.94. The molecule has 1 aliphatic heterocycles. The van der Waals surface area contributed by atoms with Gasteiger partial charge in [-0.3, -0.25) is 4.79 Å². The molecule has 1 atom stereocenters. The predicted octanol–water partition coefficient (Wildman–Crippen LogP) is 5.61. The second-order valence-electron chi connectivity index (χ2n) is 5.12. The van der Waals surface area contributed by atoms with Gasteiger partial charge in [-0.1, -0.05) is 59.6 Å². The van der Waals surface area contributed by atoms with Crippen LogP contribution in [-0.4, -0.2) is 5.78 Å². The lowest BCUT2D eigenvalue weighted by molar-refractivity contribution is 0.0686. The standard InChI is InChI=1S/C18H14Cl2O2/c19-14-10-9-13(11-15(14)20)16-7-4-8-17(22-16)18(21)12-5-2-1-3-6-12/h1-3,5-6,8-11,16H,4,7H2. The summed E-state index contributed by atoms with van der Waals surface area (Å²) in [4.78, 5) is 12.5. The third kappa shape index (κ3) is 3.18. The van der Waals surface area contributed by atoms with Gasteiger partial charge in [-0.25, -0.2) is 0 Å². The summed E-state index contributed by atoms with van der Waals surface area (Å²) in [5, 5.41) is 1.01. The fraction of sp³-hybridized carbons (Fsp3) is 0.167. The molecule has 112 valence electrons. The molecule has 2 aromatic rings. The Kier molecular flexibility index (Phi) is 4.51. The zero-order valence-corrected chi connectivity index (χ0v) is 13.3. The van der Waals surface area contributed by atoms with Crippen LogP contribution in [0.3, 0.4) is 0 Å².